The fraction of sp³-hybridized carbons (Fsp3) is 0.979. The van der Waals surface area contributed by atoms with Gasteiger partial charge in [0.2, 0.25) is 5.91 Å². The van der Waals surface area contributed by atoms with Gasteiger partial charge in [-0.1, -0.05) is 232 Å². The van der Waals surface area contributed by atoms with Crippen LogP contribution in [0, 0.1) is 0 Å². The van der Waals surface area contributed by atoms with E-state index in [4.69, 9.17) is 9.05 Å². The number of carbonyl (C=O) groups is 1. The van der Waals surface area contributed by atoms with E-state index in [9.17, 15) is 19.4 Å². The van der Waals surface area contributed by atoms with Crippen LogP contribution < -0.4 is 5.32 Å². The topological polar surface area (TPSA) is 105 Å². The Kier molecular flexibility index (Phi) is 40.5. The van der Waals surface area contributed by atoms with Crippen LogP contribution in [0.2, 0.25) is 0 Å². The maximum Gasteiger partial charge on any atom is 0.472 e. The summed E-state index contributed by atoms with van der Waals surface area (Å²) in [7, 11) is 1.62. The van der Waals surface area contributed by atoms with Crippen molar-refractivity contribution in [2.75, 3.05) is 40.9 Å². The van der Waals surface area contributed by atoms with Gasteiger partial charge < -0.3 is 19.8 Å². The Morgan fingerprint density at radius 3 is 1.18 bits per heavy atom. The first-order valence-corrected chi connectivity index (χ1v) is 26.4. The Bertz CT molecular complexity index is 901. The number of quaternary nitrogens is 1. The molecule has 3 N–H and O–H groups in total. The zero-order valence-corrected chi connectivity index (χ0v) is 39.8. The van der Waals surface area contributed by atoms with Crippen molar-refractivity contribution in [1.29, 1.82) is 0 Å². The molecule has 0 aromatic heterocycles. The molecule has 0 saturated heterocycles. The lowest BCUT2D eigenvalue weighted by molar-refractivity contribution is -0.870. The minimum absolute atomic E-state index is 0.0770. The maximum absolute atomic E-state index is 12.8. The van der Waals surface area contributed by atoms with E-state index in [1.165, 1.54) is 180 Å². The number of rotatable bonds is 46. The number of likely N-dealkylation sites (N-methyl/N-ethyl adjacent to an activating group) is 1. The zero-order chi connectivity index (χ0) is 42.1. The molecule has 3 unspecified atom stereocenters. The second-order valence-corrected chi connectivity index (χ2v) is 20.0. The maximum atomic E-state index is 12.8. The lowest BCUT2D eigenvalue weighted by Gasteiger charge is -2.26. The molecule has 0 bridgehead atoms. The van der Waals surface area contributed by atoms with Gasteiger partial charge in [0, 0.05) is 6.42 Å². The molecule has 0 aromatic carbocycles. The molecule has 342 valence electrons. The van der Waals surface area contributed by atoms with E-state index in [0.717, 1.165) is 44.9 Å². The minimum atomic E-state index is -4.29. The molecule has 1 amide bonds. The summed E-state index contributed by atoms with van der Waals surface area (Å²) in [6, 6.07) is -0.750. The molecule has 0 heterocycles. The molecule has 57 heavy (non-hydrogen) atoms. The average molecular weight is 832 g/mol. The van der Waals surface area contributed by atoms with Crippen molar-refractivity contribution in [3.05, 3.63) is 0 Å². The number of aliphatic hydroxyl groups excluding tert-OH is 1. The SMILES string of the molecule is CCCCCCCCCCCCCCCCCCCCCCCCCCCCCCCCCC(=O)NC(COP(=O)(O)OCC[N+](C)(C)C)C(O)CCCCCC. The first kappa shape index (κ1) is 56.5. The molecule has 0 saturated carbocycles. The monoisotopic (exact) mass is 832 g/mol. The Morgan fingerprint density at radius 1 is 0.526 bits per heavy atom. The van der Waals surface area contributed by atoms with Crippen molar-refractivity contribution in [3.63, 3.8) is 0 Å². The molecule has 0 fully saturated rings. The van der Waals surface area contributed by atoms with Crippen LogP contribution in [-0.4, -0.2) is 73.4 Å². The van der Waals surface area contributed by atoms with E-state index in [2.05, 4.69) is 19.2 Å². The first-order chi connectivity index (χ1) is 27.5. The van der Waals surface area contributed by atoms with Crippen molar-refractivity contribution in [3.8, 4) is 0 Å². The van der Waals surface area contributed by atoms with Crippen LogP contribution in [-0.2, 0) is 18.4 Å². The van der Waals surface area contributed by atoms with Crippen LogP contribution in [0.15, 0.2) is 0 Å². The van der Waals surface area contributed by atoms with E-state index in [1.807, 2.05) is 21.1 Å². The predicted octanol–water partition coefficient (Wildman–Crippen LogP) is 14.1. The minimum Gasteiger partial charge on any atom is -0.391 e. The summed E-state index contributed by atoms with van der Waals surface area (Å²) in [6.07, 6.45) is 46.6. The van der Waals surface area contributed by atoms with Gasteiger partial charge in [0.1, 0.15) is 13.2 Å². The highest BCUT2D eigenvalue weighted by Gasteiger charge is 2.28. The number of aliphatic hydroxyl groups is 1. The molecule has 0 aromatic rings. The fourth-order valence-corrected chi connectivity index (χ4v) is 8.37. The quantitative estimate of drug-likeness (QED) is 0.0321. The van der Waals surface area contributed by atoms with Gasteiger partial charge in [-0.25, -0.2) is 4.57 Å². The van der Waals surface area contributed by atoms with Crippen LogP contribution in [0.5, 0.6) is 0 Å². The Hall–Kier alpha value is -0.500. The van der Waals surface area contributed by atoms with Crippen molar-refractivity contribution in [2.24, 2.45) is 0 Å². The normalized spacial score (nSPS) is 14.2. The van der Waals surface area contributed by atoms with E-state index >= 15 is 0 Å². The molecule has 0 aliphatic carbocycles. The summed E-state index contributed by atoms with van der Waals surface area (Å²) in [4.78, 5) is 22.9. The Balaban J connectivity index is 3.71. The highest BCUT2D eigenvalue weighted by atomic mass is 31.2. The summed E-state index contributed by atoms with van der Waals surface area (Å²) in [5.74, 6) is -0.148. The lowest BCUT2D eigenvalue weighted by Crippen LogP contribution is -2.46. The predicted molar refractivity (Wildman–Crippen MR) is 245 cm³/mol. The standard InChI is InChI=1S/C48H99N2O6P/c1-6-8-10-12-13-14-15-16-17-18-19-20-21-22-23-24-25-26-27-28-29-30-31-32-33-34-35-36-37-38-40-42-48(52)49-46(47(51)41-39-11-9-7-2)45-56-57(53,54)55-44-43-50(3,4)5/h46-47,51H,6-45H2,1-5H3,(H-,49,52,53,54)/p+1. The molecule has 0 spiro atoms. The van der Waals surface area contributed by atoms with Crippen molar-refractivity contribution in [2.45, 2.75) is 264 Å². The molecule has 0 aliphatic heterocycles. The smallest absolute Gasteiger partial charge is 0.391 e. The van der Waals surface area contributed by atoms with Crippen LogP contribution >= 0.6 is 7.82 Å². The zero-order valence-electron chi connectivity index (χ0n) is 38.9. The lowest BCUT2D eigenvalue weighted by atomic mass is 10.0. The Labute approximate surface area is 355 Å². The molecule has 0 rings (SSSR count). The Morgan fingerprint density at radius 2 is 0.842 bits per heavy atom. The third-order valence-corrected chi connectivity index (χ3v) is 12.6. The van der Waals surface area contributed by atoms with Crippen LogP contribution in [0.4, 0.5) is 0 Å². The number of hydrogen-bond acceptors (Lipinski definition) is 5. The fourth-order valence-electron chi connectivity index (χ4n) is 7.64. The molecule has 9 heteroatoms. The van der Waals surface area contributed by atoms with Crippen molar-refractivity contribution in [1.82, 2.24) is 5.32 Å². The molecule has 3 atom stereocenters. The van der Waals surface area contributed by atoms with Crippen LogP contribution in [0.3, 0.4) is 0 Å². The van der Waals surface area contributed by atoms with Gasteiger partial charge in [-0.15, -0.1) is 0 Å². The van der Waals surface area contributed by atoms with E-state index in [0.29, 0.717) is 23.9 Å². The van der Waals surface area contributed by atoms with Gasteiger partial charge in [0.25, 0.3) is 0 Å². The van der Waals surface area contributed by atoms with E-state index in [1.54, 1.807) is 0 Å². The first-order valence-electron chi connectivity index (χ1n) is 24.9. The summed E-state index contributed by atoms with van der Waals surface area (Å²) in [5.41, 5.74) is 0. The van der Waals surface area contributed by atoms with Crippen LogP contribution in [0.1, 0.15) is 251 Å². The van der Waals surface area contributed by atoms with Gasteiger partial charge in [-0.2, -0.15) is 0 Å². The largest absolute Gasteiger partial charge is 0.472 e. The van der Waals surface area contributed by atoms with Gasteiger partial charge in [0.05, 0.1) is 39.9 Å². The molecular weight excluding hydrogens is 732 g/mol. The number of unbranched alkanes of at least 4 members (excludes halogenated alkanes) is 33. The number of carbonyl (C=O) groups excluding carboxylic acids is 1. The number of hydrogen-bond donors (Lipinski definition) is 3. The third kappa shape index (κ3) is 43.4. The summed E-state index contributed by atoms with van der Waals surface area (Å²) >= 11 is 0. The number of amides is 1. The van der Waals surface area contributed by atoms with E-state index in [-0.39, 0.29) is 19.1 Å². The number of nitrogens with zero attached hydrogens (tertiary/aromatic N) is 1. The summed E-state index contributed by atoms with van der Waals surface area (Å²) in [5, 5.41) is 13.7. The van der Waals surface area contributed by atoms with Gasteiger partial charge in [0.15, 0.2) is 0 Å². The average Bonchev–Trinajstić information content (AvgIpc) is 3.16. The summed E-state index contributed by atoms with van der Waals surface area (Å²) in [6.45, 7) is 4.79. The van der Waals surface area contributed by atoms with Crippen molar-refractivity contribution < 1.29 is 32.9 Å². The highest BCUT2D eigenvalue weighted by molar-refractivity contribution is 7.47. The number of nitrogens with one attached hydrogen (secondary N) is 1. The molecular formula is C48H100N2O6P+. The van der Waals surface area contributed by atoms with Crippen LogP contribution in [0.25, 0.3) is 0 Å². The highest BCUT2D eigenvalue weighted by Crippen LogP contribution is 2.43. The van der Waals surface area contributed by atoms with Gasteiger partial charge >= 0.3 is 7.82 Å². The number of phosphoric acid groups is 1. The second-order valence-electron chi connectivity index (χ2n) is 18.6. The molecule has 8 nitrogen and oxygen atoms in total. The van der Waals surface area contributed by atoms with Gasteiger partial charge in [-0.05, 0) is 12.8 Å². The van der Waals surface area contributed by atoms with Crippen molar-refractivity contribution >= 4 is 13.7 Å². The van der Waals surface area contributed by atoms with E-state index < -0.39 is 20.0 Å². The number of phosphoric ester groups is 1. The van der Waals surface area contributed by atoms with Gasteiger partial charge in [-0.3, -0.25) is 13.8 Å². The summed E-state index contributed by atoms with van der Waals surface area (Å²) < 4.78 is 23.4. The third-order valence-electron chi connectivity index (χ3n) is 11.6. The molecule has 0 radical (unpaired) electrons. The second kappa shape index (κ2) is 40.9. The molecule has 0 aliphatic rings.